The number of carboxylic acid groups (broad SMARTS) is 1. The third kappa shape index (κ3) is 6.37. The molecule has 0 spiro atoms. The van der Waals surface area contributed by atoms with E-state index in [0.717, 1.165) is 0 Å². The average molecular weight is 311 g/mol. The monoisotopic (exact) mass is 310 g/mol. The Morgan fingerprint density at radius 2 is 2.11 bits per heavy atom. The molecule has 1 heterocycles. The molecule has 0 aliphatic rings. The van der Waals surface area contributed by atoms with E-state index in [0.29, 0.717) is 17.9 Å². The van der Waals surface area contributed by atoms with Crippen LogP contribution in [0.5, 0.6) is 0 Å². The van der Waals surface area contributed by atoms with E-state index in [1.165, 1.54) is 11.3 Å². The fraction of sp³-hybridized carbons (Fsp3) is 0.500. The standard InChI is InChI=1S/C7H10N2O3S.C3H5ClO2/c1-2-3-4(5(10)6(11)12)9-7(8)13-3;1-2-6-3(4)5/h5,10H,2H2,1H3,(H2,8,9)(H,11,12);2H2,1H3. The SMILES string of the molecule is CCOC(=O)Cl.CCc1sc(N)nc1C(O)C(=O)O. The Labute approximate surface area is 119 Å². The molecule has 1 atom stereocenters. The van der Waals surface area contributed by atoms with Crippen LogP contribution < -0.4 is 5.73 Å². The number of hydrogen-bond acceptors (Lipinski definition) is 7. The molecule has 0 bridgehead atoms. The van der Waals surface area contributed by atoms with Crippen molar-refractivity contribution < 1.29 is 24.5 Å². The first-order chi connectivity index (χ1) is 8.83. The van der Waals surface area contributed by atoms with E-state index >= 15 is 0 Å². The highest BCUT2D eigenvalue weighted by Gasteiger charge is 2.22. The number of ether oxygens (including phenoxy) is 1. The molecule has 1 rings (SSSR count). The fourth-order valence-corrected chi connectivity index (χ4v) is 1.99. The molecule has 108 valence electrons. The molecule has 0 radical (unpaired) electrons. The van der Waals surface area contributed by atoms with E-state index in [9.17, 15) is 14.7 Å². The summed E-state index contributed by atoms with van der Waals surface area (Å²) in [5, 5.41) is 18.0. The first-order valence-corrected chi connectivity index (χ1v) is 6.51. The molecular weight excluding hydrogens is 296 g/mol. The summed E-state index contributed by atoms with van der Waals surface area (Å²) < 4.78 is 4.17. The second-order valence-electron chi connectivity index (χ2n) is 3.13. The van der Waals surface area contributed by atoms with E-state index in [-0.39, 0.29) is 10.8 Å². The van der Waals surface area contributed by atoms with Crippen LogP contribution in [0.25, 0.3) is 0 Å². The summed E-state index contributed by atoms with van der Waals surface area (Å²) in [4.78, 5) is 24.5. The number of nitrogen functional groups attached to an aromatic ring is 1. The number of halogens is 1. The minimum Gasteiger partial charge on any atom is -0.479 e. The van der Waals surface area contributed by atoms with Crippen LogP contribution in [-0.2, 0) is 16.0 Å². The van der Waals surface area contributed by atoms with Gasteiger partial charge in [-0.2, -0.15) is 0 Å². The molecule has 1 aromatic heterocycles. The van der Waals surface area contributed by atoms with Gasteiger partial charge in [0.25, 0.3) is 0 Å². The molecule has 0 saturated carbocycles. The number of anilines is 1. The summed E-state index contributed by atoms with van der Waals surface area (Å²) in [6.07, 6.45) is -0.947. The van der Waals surface area contributed by atoms with Gasteiger partial charge in [-0.25, -0.2) is 14.6 Å². The number of aliphatic carboxylic acids is 1. The number of carboxylic acids is 1. The van der Waals surface area contributed by atoms with E-state index in [4.69, 9.17) is 22.4 Å². The van der Waals surface area contributed by atoms with Crippen molar-refractivity contribution in [3.63, 3.8) is 0 Å². The molecule has 0 saturated heterocycles. The largest absolute Gasteiger partial charge is 0.479 e. The molecule has 0 fully saturated rings. The number of nitrogens with zero attached hydrogens (tertiary/aromatic N) is 1. The summed E-state index contributed by atoms with van der Waals surface area (Å²) in [5.74, 6) is -1.31. The van der Waals surface area contributed by atoms with E-state index in [2.05, 4.69) is 9.72 Å². The molecule has 1 aromatic rings. The normalized spacial score (nSPS) is 11.2. The molecular formula is C10H15ClN2O5S. The van der Waals surface area contributed by atoms with Gasteiger partial charge in [-0.05, 0) is 13.3 Å². The zero-order valence-electron chi connectivity index (χ0n) is 10.4. The maximum absolute atomic E-state index is 10.5. The Morgan fingerprint density at radius 3 is 2.42 bits per heavy atom. The molecule has 0 aliphatic carbocycles. The van der Waals surface area contributed by atoms with Crippen molar-refractivity contribution in [2.24, 2.45) is 0 Å². The molecule has 7 nitrogen and oxygen atoms in total. The van der Waals surface area contributed by atoms with Crippen molar-refractivity contribution in [2.75, 3.05) is 12.3 Å². The van der Waals surface area contributed by atoms with Gasteiger partial charge in [-0.3, -0.25) is 0 Å². The van der Waals surface area contributed by atoms with Gasteiger partial charge in [0.1, 0.15) is 0 Å². The highest BCUT2D eigenvalue weighted by molar-refractivity contribution is 7.15. The lowest BCUT2D eigenvalue weighted by Gasteiger charge is -2.02. The van der Waals surface area contributed by atoms with Gasteiger partial charge < -0.3 is 20.7 Å². The van der Waals surface area contributed by atoms with Crippen molar-refractivity contribution >= 4 is 39.5 Å². The number of nitrogens with two attached hydrogens (primary N) is 1. The van der Waals surface area contributed by atoms with E-state index in [1.807, 2.05) is 6.92 Å². The average Bonchev–Trinajstić information content (AvgIpc) is 2.69. The van der Waals surface area contributed by atoms with Crippen molar-refractivity contribution in [1.29, 1.82) is 0 Å². The predicted molar refractivity (Wildman–Crippen MR) is 71.4 cm³/mol. The van der Waals surface area contributed by atoms with Gasteiger partial charge in [0.2, 0.25) is 0 Å². The topological polar surface area (TPSA) is 123 Å². The Balaban J connectivity index is 0.000000459. The zero-order chi connectivity index (χ0) is 15.0. The number of hydrogen-bond donors (Lipinski definition) is 3. The van der Waals surface area contributed by atoms with Crippen LogP contribution in [-0.4, -0.2) is 33.2 Å². The zero-order valence-corrected chi connectivity index (χ0v) is 12.0. The van der Waals surface area contributed by atoms with Crippen LogP contribution >= 0.6 is 22.9 Å². The first-order valence-electron chi connectivity index (χ1n) is 5.31. The van der Waals surface area contributed by atoms with Gasteiger partial charge in [-0.15, -0.1) is 11.3 Å². The number of rotatable bonds is 4. The van der Waals surface area contributed by atoms with Gasteiger partial charge >= 0.3 is 11.4 Å². The number of aryl methyl sites for hydroxylation is 1. The summed E-state index contributed by atoms with van der Waals surface area (Å²) in [5.41, 5.74) is 4.82. The molecule has 9 heteroatoms. The smallest absolute Gasteiger partial charge is 0.403 e. The summed E-state index contributed by atoms with van der Waals surface area (Å²) in [6.45, 7) is 3.90. The Morgan fingerprint density at radius 1 is 1.53 bits per heavy atom. The minimum atomic E-state index is -1.57. The minimum absolute atomic E-state index is 0.164. The second-order valence-corrected chi connectivity index (χ2v) is 4.55. The highest BCUT2D eigenvalue weighted by Crippen LogP contribution is 2.26. The van der Waals surface area contributed by atoms with E-state index < -0.39 is 17.5 Å². The Kier molecular flexibility index (Phi) is 8.05. The van der Waals surface area contributed by atoms with Crippen LogP contribution in [0.15, 0.2) is 0 Å². The maximum Gasteiger partial charge on any atom is 0.403 e. The van der Waals surface area contributed by atoms with Crippen LogP contribution in [0.2, 0.25) is 0 Å². The number of carbonyl (C=O) groups is 2. The van der Waals surface area contributed by atoms with Gasteiger partial charge in [0.05, 0.1) is 12.3 Å². The number of thiazole rings is 1. The van der Waals surface area contributed by atoms with E-state index in [1.54, 1.807) is 6.92 Å². The van der Waals surface area contributed by atoms with Gasteiger partial charge in [-0.1, -0.05) is 6.92 Å². The van der Waals surface area contributed by atoms with Crippen molar-refractivity contribution in [3.8, 4) is 0 Å². The number of aliphatic hydroxyl groups is 1. The van der Waals surface area contributed by atoms with Crippen LogP contribution in [0.3, 0.4) is 0 Å². The van der Waals surface area contributed by atoms with Gasteiger partial charge in [0.15, 0.2) is 11.2 Å². The number of aromatic nitrogens is 1. The Hall–Kier alpha value is -1.38. The predicted octanol–water partition coefficient (Wildman–Crippen LogP) is 1.79. The molecule has 0 aliphatic heterocycles. The highest BCUT2D eigenvalue weighted by atomic mass is 35.5. The molecule has 1 unspecified atom stereocenters. The molecule has 19 heavy (non-hydrogen) atoms. The maximum atomic E-state index is 10.5. The molecule has 4 N–H and O–H groups in total. The third-order valence-electron chi connectivity index (χ3n) is 1.82. The van der Waals surface area contributed by atoms with Crippen LogP contribution in [0, 0.1) is 0 Å². The number of carbonyl (C=O) groups excluding carboxylic acids is 1. The lowest BCUT2D eigenvalue weighted by molar-refractivity contribution is -0.147. The van der Waals surface area contributed by atoms with Crippen LogP contribution in [0.1, 0.15) is 30.5 Å². The molecule has 0 amide bonds. The van der Waals surface area contributed by atoms with Crippen LogP contribution in [0.4, 0.5) is 9.93 Å². The summed E-state index contributed by atoms with van der Waals surface area (Å²) >= 11 is 5.92. The van der Waals surface area contributed by atoms with Gasteiger partial charge in [0, 0.05) is 16.5 Å². The lowest BCUT2D eigenvalue weighted by atomic mass is 10.2. The molecule has 0 aromatic carbocycles. The second kappa shape index (κ2) is 8.68. The van der Waals surface area contributed by atoms with Crippen molar-refractivity contribution in [2.45, 2.75) is 26.4 Å². The summed E-state index contributed by atoms with van der Waals surface area (Å²) in [6, 6.07) is 0. The number of aliphatic hydroxyl groups excluding tert-OH is 1. The fourth-order valence-electron chi connectivity index (χ4n) is 1.08. The quantitative estimate of drug-likeness (QED) is 0.724. The third-order valence-corrected chi connectivity index (χ3v) is 2.97. The van der Waals surface area contributed by atoms with Crippen molar-refractivity contribution in [1.82, 2.24) is 4.98 Å². The Bertz CT molecular complexity index is 438. The van der Waals surface area contributed by atoms with Crippen molar-refractivity contribution in [3.05, 3.63) is 10.6 Å². The lowest BCUT2D eigenvalue weighted by Crippen LogP contribution is -2.12. The summed E-state index contributed by atoms with van der Waals surface area (Å²) in [7, 11) is 0. The first kappa shape index (κ1) is 17.6.